The zero-order valence-corrected chi connectivity index (χ0v) is 13.7. The molecule has 2 aromatic rings. The van der Waals surface area contributed by atoms with Crippen molar-refractivity contribution in [1.82, 2.24) is 0 Å². The number of aryl methyl sites for hydroxylation is 1. The maximum Gasteiger partial charge on any atom is 0.262 e. The molecule has 0 aliphatic heterocycles. The van der Waals surface area contributed by atoms with Crippen LogP contribution in [0.5, 0.6) is 5.75 Å². The fourth-order valence-electron chi connectivity index (χ4n) is 2.30. The number of benzene rings is 2. The van der Waals surface area contributed by atoms with E-state index < -0.39 is 5.82 Å². The van der Waals surface area contributed by atoms with Crippen LogP contribution in [0.4, 0.5) is 10.1 Å². The van der Waals surface area contributed by atoms with Gasteiger partial charge in [-0.15, -0.1) is 0 Å². The first-order valence-corrected chi connectivity index (χ1v) is 7.79. The van der Waals surface area contributed by atoms with E-state index >= 15 is 0 Å². The predicted molar refractivity (Wildman–Crippen MR) is 90.4 cm³/mol. The Hall–Kier alpha value is -2.36. The van der Waals surface area contributed by atoms with Crippen LogP contribution in [0.25, 0.3) is 0 Å². The molecule has 3 nitrogen and oxygen atoms in total. The third-order valence-electron chi connectivity index (χ3n) is 3.82. The monoisotopic (exact) mass is 315 g/mol. The molecule has 1 N–H and O–H groups in total. The Morgan fingerprint density at radius 2 is 2.00 bits per heavy atom. The number of amides is 1. The predicted octanol–water partition coefficient (Wildman–Crippen LogP) is 4.67. The van der Waals surface area contributed by atoms with E-state index in [1.807, 2.05) is 31.2 Å². The standard InChI is InChI=1S/C19H22FNO2/c1-4-14(3)15-7-5-6-8-18(15)23-12-19(22)21-17-11-13(2)9-10-16(17)20/h5-11,14H,4,12H2,1-3H3,(H,21,22). The van der Waals surface area contributed by atoms with E-state index in [1.54, 1.807) is 12.1 Å². The zero-order chi connectivity index (χ0) is 16.8. The summed E-state index contributed by atoms with van der Waals surface area (Å²) in [4.78, 5) is 12.0. The van der Waals surface area contributed by atoms with Gasteiger partial charge < -0.3 is 10.1 Å². The van der Waals surface area contributed by atoms with Crippen molar-refractivity contribution in [2.45, 2.75) is 33.1 Å². The summed E-state index contributed by atoms with van der Waals surface area (Å²) in [6.45, 7) is 5.91. The van der Waals surface area contributed by atoms with Gasteiger partial charge in [-0.3, -0.25) is 4.79 Å². The highest BCUT2D eigenvalue weighted by molar-refractivity contribution is 5.92. The molecule has 0 spiro atoms. The van der Waals surface area contributed by atoms with Crippen molar-refractivity contribution >= 4 is 11.6 Å². The first-order valence-electron chi connectivity index (χ1n) is 7.79. The van der Waals surface area contributed by atoms with E-state index in [4.69, 9.17) is 4.74 Å². The lowest BCUT2D eigenvalue weighted by atomic mass is 9.98. The van der Waals surface area contributed by atoms with Gasteiger partial charge in [0.1, 0.15) is 11.6 Å². The van der Waals surface area contributed by atoms with Crippen molar-refractivity contribution in [3.63, 3.8) is 0 Å². The van der Waals surface area contributed by atoms with Gasteiger partial charge in [0.25, 0.3) is 5.91 Å². The Morgan fingerprint density at radius 3 is 2.74 bits per heavy atom. The van der Waals surface area contributed by atoms with Crippen molar-refractivity contribution < 1.29 is 13.9 Å². The largest absolute Gasteiger partial charge is 0.483 e. The Labute approximate surface area is 136 Å². The number of nitrogens with one attached hydrogen (secondary N) is 1. The lowest BCUT2D eigenvalue weighted by molar-refractivity contribution is -0.118. The van der Waals surface area contributed by atoms with E-state index in [-0.39, 0.29) is 18.2 Å². The molecule has 1 amide bonds. The molecule has 0 aliphatic rings. The lowest BCUT2D eigenvalue weighted by Gasteiger charge is -2.15. The van der Waals surface area contributed by atoms with Crippen molar-refractivity contribution in [2.75, 3.05) is 11.9 Å². The minimum absolute atomic E-state index is 0.152. The van der Waals surface area contributed by atoms with Crippen molar-refractivity contribution in [3.05, 3.63) is 59.4 Å². The van der Waals surface area contributed by atoms with E-state index in [2.05, 4.69) is 19.2 Å². The number of halogens is 1. The number of hydrogen-bond acceptors (Lipinski definition) is 2. The molecule has 0 fully saturated rings. The van der Waals surface area contributed by atoms with Crippen LogP contribution in [0.15, 0.2) is 42.5 Å². The Kier molecular flexibility index (Phi) is 5.74. The van der Waals surface area contributed by atoms with Crippen molar-refractivity contribution in [1.29, 1.82) is 0 Å². The van der Waals surface area contributed by atoms with Gasteiger partial charge >= 0.3 is 0 Å². The molecule has 0 aromatic heterocycles. The van der Waals surface area contributed by atoms with Gasteiger partial charge in [-0.2, -0.15) is 0 Å². The second kappa shape index (κ2) is 7.77. The van der Waals surface area contributed by atoms with Crippen molar-refractivity contribution in [2.24, 2.45) is 0 Å². The smallest absolute Gasteiger partial charge is 0.262 e. The summed E-state index contributed by atoms with van der Waals surface area (Å²) < 4.78 is 19.3. The minimum Gasteiger partial charge on any atom is -0.483 e. The van der Waals surface area contributed by atoms with Crippen LogP contribution in [-0.4, -0.2) is 12.5 Å². The highest BCUT2D eigenvalue weighted by atomic mass is 19.1. The van der Waals surface area contributed by atoms with Crippen LogP contribution in [0.2, 0.25) is 0 Å². The minimum atomic E-state index is -0.455. The molecule has 2 rings (SSSR count). The fourth-order valence-corrected chi connectivity index (χ4v) is 2.30. The number of hydrogen-bond donors (Lipinski definition) is 1. The lowest BCUT2D eigenvalue weighted by Crippen LogP contribution is -2.21. The number of para-hydroxylation sites is 1. The number of rotatable bonds is 6. The summed E-state index contributed by atoms with van der Waals surface area (Å²) in [6, 6.07) is 12.3. The highest BCUT2D eigenvalue weighted by Crippen LogP contribution is 2.28. The van der Waals surface area contributed by atoms with E-state index in [1.165, 1.54) is 6.07 Å². The van der Waals surface area contributed by atoms with Crippen LogP contribution >= 0.6 is 0 Å². The molecule has 1 unspecified atom stereocenters. The molecule has 0 saturated carbocycles. The summed E-state index contributed by atoms with van der Waals surface area (Å²) in [5.41, 5.74) is 2.13. The highest BCUT2D eigenvalue weighted by Gasteiger charge is 2.12. The maximum atomic E-state index is 13.7. The molecule has 0 aliphatic carbocycles. The molecule has 2 aromatic carbocycles. The van der Waals surface area contributed by atoms with Crippen LogP contribution < -0.4 is 10.1 Å². The van der Waals surface area contributed by atoms with Gasteiger partial charge in [-0.1, -0.05) is 38.1 Å². The second-order valence-corrected chi connectivity index (χ2v) is 5.67. The fraction of sp³-hybridized carbons (Fsp3) is 0.316. The van der Waals surface area contributed by atoms with Crippen LogP contribution in [0.1, 0.15) is 37.3 Å². The second-order valence-electron chi connectivity index (χ2n) is 5.67. The zero-order valence-electron chi connectivity index (χ0n) is 13.7. The van der Waals surface area contributed by atoms with E-state index in [0.717, 1.165) is 17.5 Å². The van der Waals surface area contributed by atoms with Gasteiger partial charge in [0, 0.05) is 0 Å². The molecular formula is C19H22FNO2. The summed E-state index contributed by atoms with van der Waals surface area (Å²) in [5.74, 6) is 0.211. The SMILES string of the molecule is CCC(C)c1ccccc1OCC(=O)Nc1cc(C)ccc1F. The molecule has 1 atom stereocenters. The molecule has 0 heterocycles. The molecular weight excluding hydrogens is 293 g/mol. The van der Waals surface area contributed by atoms with Crippen LogP contribution in [0.3, 0.4) is 0 Å². The van der Waals surface area contributed by atoms with Crippen molar-refractivity contribution in [3.8, 4) is 5.75 Å². The molecule has 4 heteroatoms. The Morgan fingerprint density at radius 1 is 1.26 bits per heavy atom. The number of carbonyl (C=O) groups excluding carboxylic acids is 1. The van der Waals surface area contributed by atoms with Gasteiger partial charge in [0.2, 0.25) is 0 Å². The van der Waals surface area contributed by atoms with Crippen LogP contribution in [-0.2, 0) is 4.79 Å². The third kappa shape index (κ3) is 4.55. The average Bonchev–Trinajstić information content (AvgIpc) is 2.56. The van der Waals surface area contributed by atoms with Crippen LogP contribution in [0, 0.1) is 12.7 Å². The van der Waals surface area contributed by atoms with Gasteiger partial charge in [-0.25, -0.2) is 4.39 Å². The molecule has 122 valence electrons. The number of ether oxygens (including phenoxy) is 1. The normalized spacial score (nSPS) is 11.8. The summed E-state index contributed by atoms with van der Waals surface area (Å²) in [5, 5.41) is 2.55. The Bertz CT molecular complexity index is 685. The third-order valence-corrected chi connectivity index (χ3v) is 3.82. The summed E-state index contributed by atoms with van der Waals surface area (Å²) in [6.07, 6.45) is 0.987. The number of carbonyl (C=O) groups is 1. The quantitative estimate of drug-likeness (QED) is 0.841. The Balaban J connectivity index is 2.01. The first kappa shape index (κ1) is 17.0. The van der Waals surface area contributed by atoms with E-state index in [0.29, 0.717) is 11.7 Å². The summed E-state index contributed by atoms with van der Waals surface area (Å²) >= 11 is 0. The van der Waals surface area contributed by atoms with Gasteiger partial charge in [0.15, 0.2) is 6.61 Å². The molecule has 0 saturated heterocycles. The number of anilines is 1. The maximum absolute atomic E-state index is 13.7. The molecule has 0 radical (unpaired) electrons. The van der Waals surface area contributed by atoms with Gasteiger partial charge in [-0.05, 0) is 48.6 Å². The van der Waals surface area contributed by atoms with E-state index in [9.17, 15) is 9.18 Å². The summed E-state index contributed by atoms with van der Waals surface area (Å²) in [7, 11) is 0. The average molecular weight is 315 g/mol. The molecule has 0 bridgehead atoms. The van der Waals surface area contributed by atoms with Gasteiger partial charge in [0.05, 0.1) is 5.69 Å². The first-order chi connectivity index (χ1) is 11.0. The topological polar surface area (TPSA) is 38.3 Å². The molecule has 23 heavy (non-hydrogen) atoms.